The number of hydrogen-bond donors (Lipinski definition) is 1. The topological polar surface area (TPSA) is 136 Å². The average molecular weight is 641 g/mol. The number of rotatable bonds is 7. The molecule has 1 aliphatic heterocycles. The number of nitrogens with one attached hydrogen (secondary N) is 1. The van der Waals surface area contributed by atoms with Crippen LogP contribution >= 0.6 is 0 Å². The number of fused-ring (bicyclic) bond motifs is 1. The lowest BCUT2D eigenvalue weighted by molar-refractivity contribution is -0.199. The Morgan fingerprint density at radius 1 is 1.05 bits per heavy atom. The SMILES string of the molecule is COc1ncc(-c2ccc3ncnc(C4=CCNCC4)c3n2)cc1N(OC(=O)C(F)(F)F)S(=O)(=O)c1c(F)cc(F)cc1F. The van der Waals surface area contributed by atoms with Gasteiger partial charge in [0.2, 0.25) is 5.88 Å². The summed E-state index contributed by atoms with van der Waals surface area (Å²) in [6, 6.07) is 3.79. The highest BCUT2D eigenvalue weighted by atomic mass is 32.2. The molecule has 230 valence electrons. The average Bonchev–Trinajstić information content (AvgIpc) is 2.98. The predicted molar refractivity (Wildman–Crippen MR) is 141 cm³/mol. The first kappa shape index (κ1) is 30.6. The fourth-order valence-corrected chi connectivity index (χ4v) is 5.59. The Labute approximate surface area is 244 Å². The van der Waals surface area contributed by atoms with Crippen molar-refractivity contribution in [3.05, 3.63) is 72.1 Å². The summed E-state index contributed by atoms with van der Waals surface area (Å²) in [6.45, 7) is 1.27. The molecule has 0 radical (unpaired) electrons. The molecule has 0 saturated heterocycles. The maximum Gasteiger partial charge on any atom is 0.493 e. The number of alkyl halides is 3. The van der Waals surface area contributed by atoms with Crippen LogP contribution in [0.4, 0.5) is 32.0 Å². The normalized spacial score (nSPS) is 13.8. The smallest absolute Gasteiger partial charge is 0.479 e. The van der Waals surface area contributed by atoms with Crippen molar-refractivity contribution < 1.29 is 49.1 Å². The summed E-state index contributed by atoms with van der Waals surface area (Å²) in [5.41, 5.74) is 1.17. The van der Waals surface area contributed by atoms with Crippen molar-refractivity contribution in [2.24, 2.45) is 0 Å². The van der Waals surface area contributed by atoms with Crippen LogP contribution in [0.3, 0.4) is 0 Å². The summed E-state index contributed by atoms with van der Waals surface area (Å²) in [7, 11) is -4.93. The summed E-state index contributed by atoms with van der Waals surface area (Å²) < 4.78 is 113. The van der Waals surface area contributed by atoms with Crippen LogP contribution in [0, 0.1) is 17.5 Å². The first-order chi connectivity index (χ1) is 20.8. The zero-order valence-corrected chi connectivity index (χ0v) is 23.0. The van der Waals surface area contributed by atoms with Gasteiger partial charge in [0.05, 0.1) is 24.0 Å². The van der Waals surface area contributed by atoms with Crippen molar-refractivity contribution >= 4 is 38.3 Å². The highest BCUT2D eigenvalue weighted by molar-refractivity contribution is 7.92. The van der Waals surface area contributed by atoms with E-state index < -0.39 is 60.6 Å². The number of aromatic nitrogens is 4. The van der Waals surface area contributed by atoms with Gasteiger partial charge < -0.3 is 14.9 Å². The zero-order chi connectivity index (χ0) is 31.8. The number of halogens is 6. The number of hydrogen-bond acceptors (Lipinski definition) is 10. The van der Waals surface area contributed by atoms with E-state index in [-0.39, 0.29) is 23.4 Å². The van der Waals surface area contributed by atoms with E-state index in [1.807, 2.05) is 6.08 Å². The maximum absolute atomic E-state index is 14.6. The van der Waals surface area contributed by atoms with Crippen molar-refractivity contribution in [1.82, 2.24) is 25.3 Å². The van der Waals surface area contributed by atoms with Crippen molar-refractivity contribution in [3.8, 4) is 17.1 Å². The summed E-state index contributed by atoms with van der Waals surface area (Å²) in [5, 5.41) is 3.17. The minimum Gasteiger partial charge on any atom is -0.479 e. The summed E-state index contributed by atoms with van der Waals surface area (Å²) >= 11 is 0. The van der Waals surface area contributed by atoms with Gasteiger partial charge in [0.15, 0.2) is 10.6 Å². The first-order valence-corrected chi connectivity index (χ1v) is 13.8. The van der Waals surface area contributed by atoms with Crippen LogP contribution in [0.2, 0.25) is 0 Å². The van der Waals surface area contributed by atoms with Crippen LogP contribution in [0.25, 0.3) is 27.9 Å². The molecule has 5 rings (SSSR count). The number of nitrogens with zero attached hydrogens (tertiary/aromatic N) is 5. The van der Waals surface area contributed by atoms with Crippen LogP contribution in [-0.2, 0) is 19.7 Å². The Hall–Kier alpha value is -4.84. The Morgan fingerprint density at radius 2 is 1.77 bits per heavy atom. The van der Waals surface area contributed by atoms with Crippen LogP contribution in [-0.4, -0.2) is 60.7 Å². The largest absolute Gasteiger partial charge is 0.493 e. The third kappa shape index (κ3) is 5.85. The summed E-state index contributed by atoms with van der Waals surface area (Å²) in [6.07, 6.45) is -0.760. The second kappa shape index (κ2) is 11.7. The molecule has 0 bridgehead atoms. The fourth-order valence-electron chi connectivity index (χ4n) is 4.26. The van der Waals surface area contributed by atoms with Gasteiger partial charge >= 0.3 is 22.2 Å². The highest BCUT2D eigenvalue weighted by Crippen LogP contribution is 2.37. The van der Waals surface area contributed by atoms with Crippen LogP contribution in [0.1, 0.15) is 12.1 Å². The summed E-state index contributed by atoms with van der Waals surface area (Å²) in [4.78, 5) is 31.0. The molecule has 0 spiro atoms. The molecule has 0 saturated carbocycles. The van der Waals surface area contributed by atoms with E-state index >= 15 is 0 Å². The predicted octanol–water partition coefficient (Wildman–Crippen LogP) is 4.11. The maximum atomic E-state index is 14.6. The molecule has 3 aromatic heterocycles. The van der Waals surface area contributed by atoms with Crippen molar-refractivity contribution in [2.75, 3.05) is 24.7 Å². The van der Waals surface area contributed by atoms with E-state index in [2.05, 4.69) is 30.1 Å². The van der Waals surface area contributed by atoms with Gasteiger partial charge in [0.25, 0.3) is 0 Å². The van der Waals surface area contributed by atoms with Crippen molar-refractivity contribution in [3.63, 3.8) is 0 Å². The minimum atomic E-state index is -5.88. The molecule has 4 heterocycles. The summed E-state index contributed by atoms with van der Waals surface area (Å²) in [5.74, 6) is -9.37. The third-order valence-corrected chi connectivity index (χ3v) is 7.82. The number of ether oxygens (including phenoxy) is 1. The van der Waals surface area contributed by atoms with Gasteiger partial charge in [-0.2, -0.15) is 21.6 Å². The zero-order valence-electron chi connectivity index (χ0n) is 22.2. The lowest BCUT2D eigenvalue weighted by atomic mass is 10.0. The second-order valence-corrected chi connectivity index (χ2v) is 10.7. The Bertz CT molecular complexity index is 1900. The molecule has 4 aromatic rings. The van der Waals surface area contributed by atoms with Gasteiger partial charge in [-0.15, -0.1) is 0 Å². The fraction of sp³-hybridized carbons (Fsp3) is 0.192. The van der Waals surface area contributed by atoms with Crippen LogP contribution < -0.4 is 14.5 Å². The van der Waals surface area contributed by atoms with E-state index in [0.29, 0.717) is 36.2 Å². The Kier molecular flexibility index (Phi) is 8.13. The lowest BCUT2D eigenvalue weighted by Gasteiger charge is -2.24. The molecular formula is C26H18F6N6O5S. The third-order valence-electron chi connectivity index (χ3n) is 6.20. The number of carbonyl (C=O) groups excluding carboxylic acids is 1. The van der Waals surface area contributed by atoms with Crippen LogP contribution in [0.5, 0.6) is 5.88 Å². The van der Waals surface area contributed by atoms with Gasteiger partial charge in [-0.1, -0.05) is 10.5 Å². The number of methoxy groups -OCH3 is 1. The van der Waals surface area contributed by atoms with E-state index in [1.54, 1.807) is 6.07 Å². The van der Waals surface area contributed by atoms with Crippen molar-refractivity contribution in [1.29, 1.82) is 0 Å². The van der Waals surface area contributed by atoms with Crippen LogP contribution in [0.15, 0.2) is 53.8 Å². The number of benzene rings is 1. The Balaban J connectivity index is 1.70. The van der Waals surface area contributed by atoms with Gasteiger partial charge in [-0.05, 0) is 36.7 Å². The molecule has 1 aliphatic rings. The molecule has 1 aromatic carbocycles. The van der Waals surface area contributed by atoms with Gasteiger partial charge in [0.1, 0.15) is 29.3 Å². The number of sulfonamides is 1. The van der Waals surface area contributed by atoms with E-state index in [0.717, 1.165) is 24.9 Å². The number of carbonyl (C=O) groups is 1. The Morgan fingerprint density at radius 3 is 2.41 bits per heavy atom. The standard InChI is InChI=1S/C26H18F6N6O5S/c1-42-24-20(38(43-25(39)26(30,31)32)44(40,41)23-16(28)9-15(27)10-17(23)29)8-14(11-34-24)18-2-3-19-22(37-18)21(36-12-35-19)13-4-6-33-7-5-13/h2-4,8-12,33H,5-7H2,1H3. The van der Waals surface area contributed by atoms with E-state index in [1.165, 1.54) is 12.4 Å². The van der Waals surface area contributed by atoms with E-state index in [9.17, 15) is 39.6 Å². The minimum absolute atomic E-state index is 0.0257. The van der Waals surface area contributed by atoms with E-state index in [4.69, 9.17) is 4.74 Å². The van der Waals surface area contributed by atoms with Gasteiger partial charge in [-0.3, -0.25) is 0 Å². The molecule has 44 heavy (non-hydrogen) atoms. The lowest BCUT2D eigenvalue weighted by Crippen LogP contribution is -2.39. The van der Waals surface area contributed by atoms with Gasteiger partial charge in [-0.25, -0.2) is 37.9 Å². The van der Waals surface area contributed by atoms with Gasteiger partial charge in [0, 0.05) is 30.4 Å². The first-order valence-electron chi connectivity index (χ1n) is 12.4. The molecule has 0 aliphatic carbocycles. The molecule has 0 amide bonds. The second-order valence-electron chi connectivity index (χ2n) is 9.03. The quantitative estimate of drug-likeness (QED) is 0.232. The molecule has 0 fully saturated rings. The molecule has 1 N–H and O–H groups in total. The molecule has 0 atom stereocenters. The number of pyridine rings is 2. The van der Waals surface area contributed by atoms with Crippen molar-refractivity contribution in [2.45, 2.75) is 17.5 Å². The molecule has 0 unspecified atom stereocenters. The monoisotopic (exact) mass is 640 g/mol. The molecular weight excluding hydrogens is 622 g/mol. The molecule has 18 heteroatoms. The number of anilines is 1. The highest BCUT2D eigenvalue weighted by Gasteiger charge is 2.46. The molecule has 11 nitrogen and oxygen atoms in total.